The Labute approximate surface area is 149 Å². The third-order valence-corrected chi connectivity index (χ3v) is 3.97. The van der Waals surface area contributed by atoms with E-state index in [9.17, 15) is 0 Å². The Balaban J connectivity index is 2.07. The lowest BCUT2D eigenvalue weighted by Gasteiger charge is -2.23. The van der Waals surface area contributed by atoms with Crippen molar-refractivity contribution in [3.05, 3.63) is 41.9 Å². The highest BCUT2D eigenvalue weighted by Gasteiger charge is 2.17. The molecule has 0 aliphatic rings. The van der Waals surface area contributed by atoms with Crippen molar-refractivity contribution in [2.24, 2.45) is 0 Å². The van der Waals surface area contributed by atoms with E-state index in [0.717, 1.165) is 17.9 Å². The average molecular weight is 348 g/mol. The number of nitrogens with zero attached hydrogens (tertiary/aromatic N) is 1. The molecule has 0 radical (unpaired) electrons. The number of rotatable bonds is 10. The lowest BCUT2D eigenvalue weighted by atomic mass is 10.1. The van der Waals surface area contributed by atoms with Gasteiger partial charge in [-0.25, -0.2) is 0 Å². The van der Waals surface area contributed by atoms with Gasteiger partial charge in [0.1, 0.15) is 5.76 Å². The molecule has 0 aliphatic heterocycles. The van der Waals surface area contributed by atoms with Crippen molar-refractivity contribution in [2.45, 2.75) is 19.5 Å². The fraction of sp³-hybridized carbons (Fsp3) is 0.474. The predicted molar refractivity (Wildman–Crippen MR) is 97.6 cm³/mol. The van der Waals surface area contributed by atoms with E-state index < -0.39 is 0 Å². The van der Waals surface area contributed by atoms with Crippen LogP contribution in [0, 0.1) is 0 Å². The summed E-state index contributed by atoms with van der Waals surface area (Å²) in [5.74, 6) is 2.93. The molecular weight excluding hydrogens is 320 g/mol. The van der Waals surface area contributed by atoms with Gasteiger partial charge in [0.05, 0.1) is 33.1 Å². The number of likely N-dealkylation sites (N-methyl/N-ethyl adjacent to an activating group) is 1. The summed E-state index contributed by atoms with van der Waals surface area (Å²) in [6.45, 7) is 3.94. The van der Waals surface area contributed by atoms with E-state index in [1.54, 1.807) is 20.5 Å². The molecule has 0 amide bonds. The molecule has 6 nitrogen and oxygen atoms in total. The average Bonchev–Trinajstić information content (AvgIpc) is 3.13. The molecule has 1 aromatic carbocycles. The quantitative estimate of drug-likeness (QED) is 0.712. The monoisotopic (exact) mass is 348 g/mol. The van der Waals surface area contributed by atoms with Crippen molar-refractivity contribution in [1.82, 2.24) is 10.2 Å². The minimum atomic E-state index is 0.168. The van der Waals surface area contributed by atoms with Crippen LogP contribution in [0.2, 0.25) is 0 Å². The van der Waals surface area contributed by atoms with Crippen molar-refractivity contribution in [1.29, 1.82) is 0 Å². The molecule has 2 aromatic rings. The lowest BCUT2D eigenvalue weighted by Crippen LogP contribution is -2.30. The van der Waals surface area contributed by atoms with Gasteiger partial charge in [0.25, 0.3) is 0 Å². The second-order valence-corrected chi connectivity index (χ2v) is 5.89. The topological polar surface area (TPSA) is 56.1 Å². The molecule has 2 rings (SSSR count). The van der Waals surface area contributed by atoms with E-state index in [2.05, 4.69) is 10.2 Å². The summed E-state index contributed by atoms with van der Waals surface area (Å²) in [6.07, 6.45) is 1.70. The number of ether oxygens (including phenoxy) is 3. The van der Waals surface area contributed by atoms with Gasteiger partial charge in [-0.2, -0.15) is 0 Å². The van der Waals surface area contributed by atoms with E-state index in [4.69, 9.17) is 18.6 Å². The fourth-order valence-corrected chi connectivity index (χ4v) is 2.69. The molecule has 0 spiro atoms. The third kappa shape index (κ3) is 4.90. The van der Waals surface area contributed by atoms with Crippen LogP contribution in [0.4, 0.5) is 0 Å². The van der Waals surface area contributed by atoms with Crippen molar-refractivity contribution in [3.8, 4) is 17.2 Å². The van der Waals surface area contributed by atoms with Gasteiger partial charge < -0.3 is 23.9 Å². The molecule has 0 fully saturated rings. The maximum Gasteiger partial charge on any atom is 0.203 e. The zero-order valence-electron chi connectivity index (χ0n) is 15.7. The smallest absolute Gasteiger partial charge is 0.203 e. The first kappa shape index (κ1) is 19.1. The molecular formula is C19H28N2O4. The fourth-order valence-electron chi connectivity index (χ4n) is 2.69. The standard InChI is InChI=1S/C19H28N2O4/c1-6-24-19-17(22-4)10-14(11-18(19)23-5)12-20-13-15(21(2)3)16-8-7-9-25-16/h7-11,15,20H,6,12-13H2,1-5H3. The third-order valence-electron chi connectivity index (χ3n) is 3.97. The zero-order valence-corrected chi connectivity index (χ0v) is 15.7. The molecule has 1 unspecified atom stereocenters. The first-order valence-corrected chi connectivity index (χ1v) is 8.38. The summed E-state index contributed by atoms with van der Waals surface area (Å²) in [6, 6.07) is 8.01. The molecule has 1 heterocycles. The Hall–Kier alpha value is -2.18. The van der Waals surface area contributed by atoms with Crippen molar-refractivity contribution in [2.75, 3.05) is 41.5 Å². The largest absolute Gasteiger partial charge is 0.493 e. The van der Waals surface area contributed by atoms with E-state index in [-0.39, 0.29) is 6.04 Å². The minimum Gasteiger partial charge on any atom is -0.493 e. The Morgan fingerprint density at radius 2 is 1.84 bits per heavy atom. The van der Waals surface area contributed by atoms with Gasteiger partial charge in [0, 0.05) is 13.1 Å². The second-order valence-electron chi connectivity index (χ2n) is 5.89. The summed E-state index contributed by atoms with van der Waals surface area (Å²) in [5, 5.41) is 3.47. The van der Waals surface area contributed by atoms with Gasteiger partial charge in [0.2, 0.25) is 5.75 Å². The summed E-state index contributed by atoms with van der Waals surface area (Å²) >= 11 is 0. The van der Waals surface area contributed by atoms with Crippen molar-refractivity contribution >= 4 is 0 Å². The summed E-state index contributed by atoms with van der Waals surface area (Å²) in [5.41, 5.74) is 1.06. The molecule has 138 valence electrons. The molecule has 1 N–H and O–H groups in total. The molecule has 0 aliphatic carbocycles. The number of nitrogens with one attached hydrogen (secondary N) is 1. The normalized spacial score (nSPS) is 12.2. The van der Waals surface area contributed by atoms with Crippen LogP contribution in [-0.4, -0.2) is 46.4 Å². The van der Waals surface area contributed by atoms with Crippen LogP contribution in [0.3, 0.4) is 0 Å². The highest BCUT2D eigenvalue weighted by molar-refractivity contribution is 5.53. The van der Waals surface area contributed by atoms with E-state index in [1.807, 2.05) is 45.3 Å². The van der Waals surface area contributed by atoms with Crippen LogP contribution >= 0.6 is 0 Å². The second kappa shape index (κ2) is 9.34. The molecule has 1 atom stereocenters. The Morgan fingerprint density at radius 3 is 2.32 bits per heavy atom. The molecule has 0 saturated carbocycles. The van der Waals surface area contributed by atoms with Gasteiger partial charge in [-0.1, -0.05) is 0 Å². The molecule has 1 aromatic heterocycles. The molecule has 0 bridgehead atoms. The molecule has 25 heavy (non-hydrogen) atoms. The first-order valence-electron chi connectivity index (χ1n) is 8.38. The van der Waals surface area contributed by atoms with Crippen LogP contribution in [-0.2, 0) is 6.54 Å². The minimum absolute atomic E-state index is 0.168. The van der Waals surface area contributed by atoms with Crippen LogP contribution < -0.4 is 19.5 Å². The van der Waals surface area contributed by atoms with Gasteiger partial charge in [-0.3, -0.25) is 4.90 Å². The lowest BCUT2D eigenvalue weighted by molar-refractivity contribution is 0.250. The first-order chi connectivity index (χ1) is 12.1. The Bertz CT molecular complexity index is 616. The number of furan rings is 1. The highest BCUT2D eigenvalue weighted by Crippen LogP contribution is 2.38. The van der Waals surface area contributed by atoms with Crippen LogP contribution in [0.25, 0.3) is 0 Å². The van der Waals surface area contributed by atoms with E-state index in [0.29, 0.717) is 30.4 Å². The Kier molecular flexibility index (Phi) is 7.16. The van der Waals surface area contributed by atoms with Crippen molar-refractivity contribution < 1.29 is 18.6 Å². The molecule has 6 heteroatoms. The van der Waals surface area contributed by atoms with E-state index in [1.165, 1.54) is 0 Å². The number of hydrogen-bond acceptors (Lipinski definition) is 6. The van der Waals surface area contributed by atoms with Gasteiger partial charge in [-0.15, -0.1) is 0 Å². The van der Waals surface area contributed by atoms with E-state index >= 15 is 0 Å². The van der Waals surface area contributed by atoms with Gasteiger partial charge >= 0.3 is 0 Å². The van der Waals surface area contributed by atoms with Gasteiger partial charge in [0.15, 0.2) is 11.5 Å². The zero-order chi connectivity index (χ0) is 18.2. The van der Waals surface area contributed by atoms with Crippen LogP contribution in [0.5, 0.6) is 17.2 Å². The van der Waals surface area contributed by atoms with Crippen LogP contribution in [0.1, 0.15) is 24.3 Å². The predicted octanol–water partition coefficient (Wildman–Crippen LogP) is 3.09. The maximum atomic E-state index is 5.64. The summed E-state index contributed by atoms with van der Waals surface area (Å²) in [7, 11) is 7.34. The number of hydrogen-bond donors (Lipinski definition) is 1. The molecule has 0 saturated heterocycles. The summed E-state index contributed by atoms with van der Waals surface area (Å²) < 4.78 is 22.1. The Morgan fingerprint density at radius 1 is 1.16 bits per heavy atom. The van der Waals surface area contributed by atoms with Crippen LogP contribution in [0.15, 0.2) is 34.9 Å². The summed E-state index contributed by atoms with van der Waals surface area (Å²) in [4.78, 5) is 2.13. The van der Waals surface area contributed by atoms with Crippen molar-refractivity contribution in [3.63, 3.8) is 0 Å². The highest BCUT2D eigenvalue weighted by atomic mass is 16.5. The van der Waals surface area contributed by atoms with Gasteiger partial charge in [-0.05, 0) is 50.8 Å². The maximum absolute atomic E-state index is 5.64. The number of benzene rings is 1. The number of methoxy groups -OCH3 is 2. The SMILES string of the molecule is CCOc1c(OC)cc(CNCC(c2ccco2)N(C)C)cc1OC.